The number of fused-ring (bicyclic) bond motifs is 1. The quantitative estimate of drug-likeness (QED) is 0.261. The van der Waals surface area contributed by atoms with Crippen LogP contribution in [0.5, 0.6) is 23.0 Å². The molecular weight excluding hydrogens is 442 g/mol. The molecule has 1 aromatic heterocycles. The Hall–Kier alpha value is -4.19. The van der Waals surface area contributed by atoms with Crippen molar-refractivity contribution in [2.75, 3.05) is 14.2 Å². The number of pyridine rings is 1. The molecule has 0 atom stereocenters. The standard InChI is InChI=1S/C29H27NO5/c1-33-28-18-25-26(19-29(28)34-2)30-15-14-27(25)35-24-12-9-21(10-13-24)16-23(32)17-22(31)11-8-20-6-4-3-5-7-20/h3-7,9-10,12-15,18-19H,8,11,16-17H2,1-2H3. The fourth-order valence-corrected chi connectivity index (χ4v) is 3.87. The number of ketones is 2. The van der Waals surface area contributed by atoms with E-state index in [9.17, 15) is 9.59 Å². The molecule has 3 aromatic carbocycles. The second-order valence-corrected chi connectivity index (χ2v) is 8.20. The number of nitrogens with zero attached hydrogens (tertiary/aromatic N) is 1. The molecule has 0 fully saturated rings. The van der Waals surface area contributed by atoms with E-state index < -0.39 is 0 Å². The number of carbonyl (C=O) groups is 2. The first-order valence-corrected chi connectivity index (χ1v) is 11.4. The minimum absolute atomic E-state index is 0.0320. The topological polar surface area (TPSA) is 74.7 Å². The first-order valence-electron chi connectivity index (χ1n) is 11.4. The maximum atomic E-state index is 12.4. The zero-order valence-corrected chi connectivity index (χ0v) is 19.8. The molecular formula is C29H27NO5. The minimum atomic E-state index is -0.0853. The Morgan fingerprint density at radius 2 is 1.49 bits per heavy atom. The summed E-state index contributed by atoms with van der Waals surface area (Å²) in [6.45, 7) is 0. The molecule has 0 saturated heterocycles. The first kappa shape index (κ1) is 24.0. The Morgan fingerprint density at radius 3 is 2.20 bits per heavy atom. The average molecular weight is 470 g/mol. The van der Waals surface area contributed by atoms with Crippen molar-refractivity contribution in [3.05, 3.63) is 90.1 Å². The number of carbonyl (C=O) groups excluding carboxylic acids is 2. The van der Waals surface area contributed by atoms with Gasteiger partial charge in [0.15, 0.2) is 11.5 Å². The van der Waals surface area contributed by atoms with Gasteiger partial charge in [0.25, 0.3) is 0 Å². The van der Waals surface area contributed by atoms with Gasteiger partial charge in [-0.15, -0.1) is 0 Å². The molecule has 0 spiro atoms. The molecule has 1 heterocycles. The molecule has 4 aromatic rings. The van der Waals surface area contributed by atoms with Gasteiger partial charge in [-0.25, -0.2) is 0 Å². The van der Waals surface area contributed by atoms with E-state index in [0.29, 0.717) is 35.8 Å². The summed E-state index contributed by atoms with van der Waals surface area (Å²) in [5.74, 6) is 2.32. The Kier molecular flexibility index (Phi) is 7.73. The molecule has 6 nitrogen and oxygen atoms in total. The van der Waals surface area contributed by atoms with E-state index in [2.05, 4.69) is 4.98 Å². The highest BCUT2D eigenvalue weighted by atomic mass is 16.5. The number of Topliss-reactive ketones (excluding diaryl/α,β-unsaturated/α-hetero) is 2. The summed E-state index contributed by atoms with van der Waals surface area (Å²) in [5.41, 5.74) is 2.66. The summed E-state index contributed by atoms with van der Waals surface area (Å²) in [6.07, 6.45) is 2.87. The number of methoxy groups -OCH3 is 2. The summed E-state index contributed by atoms with van der Waals surface area (Å²) in [4.78, 5) is 29.0. The van der Waals surface area contributed by atoms with E-state index in [0.717, 1.165) is 22.0 Å². The number of ether oxygens (including phenoxy) is 3. The van der Waals surface area contributed by atoms with E-state index >= 15 is 0 Å². The van der Waals surface area contributed by atoms with E-state index in [1.54, 1.807) is 32.5 Å². The third-order valence-electron chi connectivity index (χ3n) is 5.69. The molecule has 0 unspecified atom stereocenters. The lowest BCUT2D eigenvalue weighted by Crippen LogP contribution is -2.11. The van der Waals surface area contributed by atoms with Gasteiger partial charge in [0.05, 0.1) is 26.2 Å². The third kappa shape index (κ3) is 6.23. The molecule has 35 heavy (non-hydrogen) atoms. The second-order valence-electron chi connectivity index (χ2n) is 8.20. The Morgan fingerprint density at radius 1 is 0.771 bits per heavy atom. The zero-order chi connectivity index (χ0) is 24.6. The number of aryl methyl sites for hydroxylation is 1. The Bertz CT molecular complexity index is 1320. The Labute approximate surface area is 204 Å². The van der Waals surface area contributed by atoms with E-state index in [-0.39, 0.29) is 24.4 Å². The van der Waals surface area contributed by atoms with Gasteiger partial charge in [0.2, 0.25) is 0 Å². The molecule has 0 amide bonds. The molecule has 0 aliphatic heterocycles. The van der Waals surface area contributed by atoms with Crippen LogP contribution in [0.25, 0.3) is 10.9 Å². The predicted molar refractivity (Wildman–Crippen MR) is 134 cm³/mol. The summed E-state index contributed by atoms with van der Waals surface area (Å²) < 4.78 is 16.8. The van der Waals surface area contributed by atoms with Crippen LogP contribution in [-0.4, -0.2) is 30.8 Å². The van der Waals surface area contributed by atoms with Crippen LogP contribution in [0, 0.1) is 0 Å². The van der Waals surface area contributed by atoms with Gasteiger partial charge >= 0.3 is 0 Å². The van der Waals surface area contributed by atoms with Crippen LogP contribution < -0.4 is 14.2 Å². The first-order chi connectivity index (χ1) is 17.1. The SMILES string of the molecule is COc1cc2nccc(Oc3ccc(CC(=O)CC(=O)CCc4ccccc4)cc3)c2cc1OC. The number of aromatic nitrogens is 1. The molecule has 0 aliphatic carbocycles. The average Bonchev–Trinajstić information content (AvgIpc) is 2.88. The van der Waals surface area contributed by atoms with Crippen molar-refractivity contribution in [2.24, 2.45) is 0 Å². The van der Waals surface area contributed by atoms with Crippen LogP contribution in [0.15, 0.2) is 79.0 Å². The van der Waals surface area contributed by atoms with E-state index in [1.807, 2.05) is 60.7 Å². The third-order valence-corrected chi connectivity index (χ3v) is 5.69. The van der Waals surface area contributed by atoms with Crippen LogP contribution in [0.3, 0.4) is 0 Å². The number of benzene rings is 3. The van der Waals surface area contributed by atoms with Gasteiger partial charge in [-0.2, -0.15) is 0 Å². The lowest BCUT2D eigenvalue weighted by Gasteiger charge is -2.12. The monoisotopic (exact) mass is 469 g/mol. The van der Waals surface area contributed by atoms with Gasteiger partial charge in [0.1, 0.15) is 23.1 Å². The van der Waals surface area contributed by atoms with Crippen molar-refractivity contribution >= 4 is 22.5 Å². The van der Waals surface area contributed by atoms with Gasteiger partial charge in [-0.1, -0.05) is 42.5 Å². The largest absolute Gasteiger partial charge is 0.493 e. The van der Waals surface area contributed by atoms with Crippen molar-refractivity contribution in [3.8, 4) is 23.0 Å². The molecule has 4 rings (SSSR count). The molecule has 6 heteroatoms. The molecule has 178 valence electrons. The predicted octanol–water partition coefficient (Wildman–Crippen LogP) is 5.75. The number of hydrogen-bond acceptors (Lipinski definition) is 6. The Balaban J connectivity index is 1.36. The molecule has 0 aliphatic rings. The second kappa shape index (κ2) is 11.3. The lowest BCUT2D eigenvalue weighted by atomic mass is 10.0. The van der Waals surface area contributed by atoms with Crippen LogP contribution in [0.4, 0.5) is 0 Å². The van der Waals surface area contributed by atoms with Crippen LogP contribution in [0.2, 0.25) is 0 Å². The molecule has 0 N–H and O–H groups in total. The maximum Gasteiger partial charge on any atom is 0.162 e. The summed E-state index contributed by atoms with van der Waals surface area (Å²) in [7, 11) is 3.16. The fraction of sp³-hybridized carbons (Fsp3) is 0.207. The molecule has 0 radical (unpaired) electrons. The van der Waals surface area contributed by atoms with Crippen molar-refractivity contribution in [2.45, 2.75) is 25.7 Å². The smallest absolute Gasteiger partial charge is 0.162 e. The normalized spacial score (nSPS) is 10.7. The van der Waals surface area contributed by atoms with Crippen molar-refractivity contribution in [1.29, 1.82) is 0 Å². The summed E-state index contributed by atoms with van der Waals surface area (Å²) in [5, 5.41) is 0.790. The number of rotatable bonds is 11. The van der Waals surface area contributed by atoms with Crippen LogP contribution in [0.1, 0.15) is 24.0 Å². The van der Waals surface area contributed by atoms with Crippen LogP contribution in [-0.2, 0) is 22.4 Å². The lowest BCUT2D eigenvalue weighted by molar-refractivity contribution is -0.126. The maximum absolute atomic E-state index is 12.4. The minimum Gasteiger partial charge on any atom is -0.493 e. The van der Waals surface area contributed by atoms with Gasteiger partial charge in [-0.3, -0.25) is 14.6 Å². The summed E-state index contributed by atoms with van der Waals surface area (Å²) >= 11 is 0. The molecule has 0 saturated carbocycles. The zero-order valence-electron chi connectivity index (χ0n) is 19.8. The van der Waals surface area contributed by atoms with Gasteiger partial charge in [-0.05, 0) is 41.8 Å². The van der Waals surface area contributed by atoms with Crippen molar-refractivity contribution < 1.29 is 23.8 Å². The van der Waals surface area contributed by atoms with E-state index in [4.69, 9.17) is 14.2 Å². The number of hydrogen-bond donors (Lipinski definition) is 0. The highest BCUT2D eigenvalue weighted by Crippen LogP contribution is 2.36. The van der Waals surface area contributed by atoms with Gasteiger partial charge < -0.3 is 14.2 Å². The van der Waals surface area contributed by atoms with Crippen molar-refractivity contribution in [3.63, 3.8) is 0 Å². The van der Waals surface area contributed by atoms with Crippen LogP contribution >= 0.6 is 0 Å². The van der Waals surface area contributed by atoms with E-state index in [1.165, 1.54) is 0 Å². The highest BCUT2D eigenvalue weighted by Gasteiger charge is 2.13. The summed E-state index contributed by atoms with van der Waals surface area (Å²) in [6, 6.07) is 22.5. The highest BCUT2D eigenvalue weighted by molar-refractivity contribution is 6.00. The van der Waals surface area contributed by atoms with Gasteiger partial charge in [0, 0.05) is 30.5 Å². The molecule has 0 bridgehead atoms. The fourth-order valence-electron chi connectivity index (χ4n) is 3.87. The van der Waals surface area contributed by atoms with Crippen molar-refractivity contribution in [1.82, 2.24) is 4.98 Å².